The number of hydrogen-bond acceptors (Lipinski definition) is 5. The summed E-state index contributed by atoms with van der Waals surface area (Å²) >= 11 is 0. The molecule has 3 rings (SSSR count). The van der Waals surface area contributed by atoms with E-state index in [2.05, 4.69) is 22.9 Å². The zero-order chi connectivity index (χ0) is 14.7. The Morgan fingerprint density at radius 1 is 1.24 bits per heavy atom. The Balaban J connectivity index is 1.98. The molecule has 5 heteroatoms. The minimum Gasteiger partial charge on any atom is -0.378 e. The molecule has 0 aromatic carbocycles. The van der Waals surface area contributed by atoms with Gasteiger partial charge in [-0.1, -0.05) is 0 Å². The first-order valence-corrected chi connectivity index (χ1v) is 6.99. The highest BCUT2D eigenvalue weighted by Crippen LogP contribution is 2.23. The van der Waals surface area contributed by atoms with Gasteiger partial charge in [-0.15, -0.1) is 0 Å². The van der Waals surface area contributed by atoms with Crippen LogP contribution < -0.4 is 4.90 Å². The average Bonchev–Trinajstić information content (AvgIpc) is 2.55. The van der Waals surface area contributed by atoms with Crippen LogP contribution in [0, 0.1) is 6.92 Å². The lowest BCUT2D eigenvalue weighted by atomic mass is 10.1. The van der Waals surface area contributed by atoms with Crippen molar-refractivity contribution < 1.29 is 9.53 Å². The maximum Gasteiger partial charge on any atom is 0.168 e. The zero-order valence-corrected chi connectivity index (χ0v) is 12.0. The van der Waals surface area contributed by atoms with Crippen LogP contribution in [0.5, 0.6) is 0 Å². The van der Waals surface area contributed by atoms with Crippen molar-refractivity contribution in [1.82, 2.24) is 9.97 Å². The molecule has 0 unspecified atom stereocenters. The van der Waals surface area contributed by atoms with E-state index in [9.17, 15) is 4.79 Å². The number of rotatable bonds is 3. The topological polar surface area (TPSA) is 55.3 Å². The minimum atomic E-state index is 0.420. The van der Waals surface area contributed by atoms with Crippen molar-refractivity contribution in [2.75, 3.05) is 31.2 Å². The number of carbonyl (C=O) groups excluding carboxylic acids is 1. The number of nitrogens with zero attached hydrogens (tertiary/aromatic N) is 3. The molecule has 3 heterocycles. The number of aldehydes is 1. The smallest absolute Gasteiger partial charge is 0.168 e. The fourth-order valence-electron chi connectivity index (χ4n) is 2.42. The second-order valence-corrected chi connectivity index (χ2v) is 5.07. The third kappa shape index (κ3) is 3.08. The van der Waals surface area contributed by atoms with Crippen LogP contribution in [-0.2, 0) is 4.74 Å². The molecule has 0 bridgehead atoms. The Morgan fingerprint density at radius 3 is 2.81 bits per heavy atom. The summed E-state index contributed by atoms with van der Waals surface area (Å²) in [6.07, 6.45) is 2.39. The van der Waals surface area contributed by atoms with Gasteiger partial charge >= 0.3 is 0 Å². The van der Waals surface area contributed by atoms with Crippen LogP contribution in [0.15, 0.2) is 30.5 Å². The summed E-state index contributed by atoms with van der Waals surface area (Å²) in [5.74, 6) is 0.956. The molecule has 0 aliphatic carbocycles. The molecule has 5 nitrogen and oxygen atoms in total. The summed E-state index contributed by atoms with van der Waals surface area (Å²) in [7, 11) is 0. The molecule has 0 atom stereocenters. The molecule has 1 saturated heterocycles. The summed E-state index contributed by atoms with van der Waals surface area (Å²) in [6, 6.07) is 7.74. The van der Waals surface area contributed by atoms with E-state index >= 15 is 0 Å². The second kappa shape index (κ2) is 6.01. The van der Waals surface area contributed by atoms with Crippen molar-refractivity contribution in [1.29, 1.82) is 0 Å². The van der Waals surface area contributed by atoms with E-state index in [1.54, 1.807) is 12.3 Å². The van der Waals surface area contributed by atoms with Crippen LogP contribution in [0.3, 0.4) is 0 Å². The van der Waals surface area contributed by atoms with Crippen LogP contribution in [0.1, 0.15) is 16.1 Å². The van der Waals surface area contributed by atoms with Gasteiger partial charge in [0.25, 0.3) is 0 Å². The zero-order valence-electron chi connectivity index (χ0n) is 12.0. The number of carbonyl (C=O) groups is 1. The van der Waals surface area contributed by atoms with Crippen molar-refractivity contribution in [3.63, 3.8) is 0 Å². The van der Waals surface area contributed by atoms with Crippen LogP contribution in [-0.4, -0.2) is 42.6 Å². The number of ether oxygens (including phenoxy) is 1. The lowest BCUT2D eigenvalue weighted by Gasteiger charge is -2.28. The van der Waals surface area contributed by atoms with Gasteiger partial charge < -0.3 is 9.64 Å². The van der Waals surface area contributed by atoms with E-state index in [4.69, 9.17) is 9.72 Å². The standard InChI is InChI=1S/C16H17N3O2/c1-12-8-15(13-2-3-17-14(10-13)11-20)18-16(9-12)19-4-6-21-7-5-19/h2-3,8-11H,4-7H2,1H3. The van der Waals surface area contributed by atoms with Gasteiger partial charge in [-0.3, -0.25) is 9.78 Å². The monoisotopic (exact) mass is 283 g/mol. The fourth-order valence-corrected chi connectivity index (χ4v) is 2.42. The molecule has 0 amide bonds. The molecule has 1 fully saturated rings. The molecule has 108 valence electrons. The van der Waals surface area contributed by atoms with Gasteiger partial charge in [-0.05, 0) is 36.8 Å². The lowest BCUT2D eigenvalue weighted by molar-refractivity contribution is 0.111. The van der Waals surface area contributed by atoms with E-state index < -0.39 is 0 Å². The number of hydrogen-bond donors (Lipinski definition) is 0. The first-order chi connectivity index (χ1) is 10.3. The molecular weight excluding hydrogens is 266 g/mol. The van der Waals surface area contributed by atoms with E-state index in [0.29, 0.717) is 5.69 Å². The van der Waals surface area contributed by atoms with Crippen LogP contribution in [0.2, 0.25) is 0 Å². The summed E-state index contributed by atoms with van der Waals surface area (Å²) in [5.41, 5.74) is 3.34. The van der Waals surface area contributed by atoms with E-state index in [1.165, 1.54) is 0 Å². The van der Waals surface area contributed by atoms with Crippen LogP contribution >= 0.6 is 0 Å². The molecular formula is C16H17N3O2. The van der Waals surface area contributed by atoms with Crippen molar-refractivity contribution in [2.45, 2.75) is 6.92 Å². The number of aromatic nitrogens is 2. The van der Waals surface area contributed by atoms with Gasteiger partial charge in [0.15, 0.2) is 6.29 Å². The number of pyridine rings is 2. The largest absolute Gasteiger partial charge is 0.378 e. The summed E-state index contributed by atoms with van der Waals surface area (Å²) in [5, 5.41) is 0. The summed E-state index contributed by atoms with van der Waals surface area (Å²) < 4.78 is 5.38. The minimum absolute atomic E-state index is 0.420. The van der Waals surface area contributed by atoms with Gasteiger partial charge in [0.1, 0.15) is 11.5 Å². The second-order valence-electron chi connectivity index (χ2n) is 5.07. The first kappa shape index (κ1) is 13.7. The van der Waals surface area contributed by atoms with Crippen molar-refractivity contribution in [3.8, 4) is 11.3 Å². The Bertz CT molecular complexity index is 652. The van der Waals surface area contributed by atoms with Gasteiger partial charge in [-0.25, -0.2) is 4.98 Å². The summed E-state index contributed by atoms with van der Waals surface area (Å²) in [4.78, 5) is 21.8. The maximum absolute atomic E-state index is 10.9. The number of aryl methyl sites for hydroxylation is 1. The van der Waals surface area contributed by atoms with Crippen LogP contribution in [0.4, 0.5) is 5.82 Å². The number of morpholine rings is 1. The maximum atomic E-state index is 10.9. The van der Waals surface area contributed by atoms with E-state index in [-0.39, 0.29) is 0 Å². The van der Waals surface area contributed by atoms with Crippen molar-refractivity contribution in [3.05, 3.63) is 41.7 Å². The Hall–Kier alpha value is -2.27. The van der Waals surface area contributed by atoms with Gasteiger partial charge in [-0.2, -0.15) is 0 Å². The Labute approximate surface area is 123 Å². The molecule has 0 radical (unpaired) electrons. The predicted octanol–water partition coefficient (Wildman–Crippen LogP) is 2.10. The molecule has 1 aliphatic heterocycles. The molecule has 2 aromatic heterocycles. The Morgan fingerprint density at radius 2 is 2.05 bits per heavy atom. The Kier molecular flexibility index (Phi) is 3.92. The average molecular weight is 283 g/mol. The third-order valence-corrected chi connectivity index (χ3v) is 3.49. The highest BCUT2D eigenvalue weighted by molar-refractivity contribution is 5.75. The van der Waals surface area contributed by atoms with E-state index in [0.717, 1.165) is 55.2 Å². The summed E-state index contributed by atoms with van der Waals surface area (Å²) in [6.45, 7) is 5.22. The molecule has 0 spiro atoms. The quantitative estimate of drug-likeness (QED) is 0.807. The fraction of sp³-hybridized carbons (Fsp3) is 0.312. The van der Waals surface area contributed by atoms with Gasteiger partial charge in [0, 0.05) is 24.8 Å². The molecule has 2 aromatic rings. The number of anilines is 1. The van der Waals surface area contributed by atoms with Gasteiger partial charge in [0.2, 0.25) is 0 Å². The highest BCUT2D eigenvalue weighted by Gasteiger charge is 2.14. The van der Waals surface area contributed by atoms with E-state index in [1.807, 2.05) is 12.1 Å². The van der Waals surface area contributed by atoms with Crippen LogP contribution in [0.25, 0.3) is 11.3 Å². The molecule has 1 aliphatic rings. The third-order valence-electron chi connectivity index (χ3n) is 3.49. The first-order valence-electron chi connectivity index (χ1n) is 6.99. The molecule has 0 N–H and O–H groups in total. The van der Waals surface area contributed by atoms with Gasteiger partial charge in [0.05, 0.1) is 18.9 Å². The van der Waals surface area contributed by atoms with Crippen molar-refractivity contribution >= 4 is 12.1 Å². The normalized spacial score (nSPS) is 15.0. The predicted molar refractivity (Wildman–Crippen MR) is 80.6 cm³/mol. The van der Waals surface area contributed by atoms with Crippen molar-refractivity contribution in [2.24, 2.45) is 0 Å². The molecule has 21 heavy (non-hydrogen) atoms. The molecule has 0 saturated carbocycles. The lowest BCUT2D eigenvalue weighted by Crippen LogP contribution is -2.36. The SMILES string of the molecule is Cc1cc(-c2ccnc(C=O)c2)nc(N2CCOCC2)c1. The highest BCUT2D eigenvalue weighted by atomic mass is 16.5.